The lowest BCUT2D eigenvalue weighted by atomic mass is 10.2. The fraction of sp³-hybridized carbons (Fsp3) is 1.00. The van der Waals surface area contributed by atoms with Gasteiger partial charge in [0.25, 0.3) is 0 Å². The molecule has 1 rings (SSSR count). The van der Waals surface area contributed by atoms with E-state index in [-0.39, 0.29) is 0 Å². The van der Waals surface area contributed by atoms with Crippen molar-refractivity contribution >= 4 is 0 Å². The van der Waals surface area contributed by atoms with Gasteiger partial charge in [0.2, 0.25) is 0 Å². The van der Waals surface area contributed by atoms with E-state index in [4.69, 9.17) is 4.74 Å². The number of hydrogen-bond donors (Lipinski definition) is 1. The third-order valence-corrected chi connectivity index (χ3v) is 3.25. The summed E-state index contributed by atoms with van der Waals surface area (Å²) in [5.41, 5.74) is 0. The van der Waals surface area contributed by atoms with Crippen LogP contribution >= 0.6 is 0 Å². The van der Waals surface area contributed by atoms with Gasteiger partial charge in [-0.3, -0.25) is 0 Å². The lowest BCUT2D eigenvalue weighted by Gasteiger charge is -2.23. The van der Waals surface area contributed by atoms with Crippen LogP contribution in [0, 0.1) is 0 Å². The zero-order chi connectivity index (χ0) is 10.9. The lowest BCUT2D eigenvalue weighted by Crippen LogP contribution is -2.32. The molecule has 0 radical (unpaired) electrons. The fourth-order valence-electron chi connectivity index (χ4n) is 2.36. The van der Waals surface area contributed by atoms with Gasteiger partial charge in [-0.05, 0) is 45.3 Å². The Labute approximate surface area is 94.2 Å². The van der Waals surface area contributed by atoms with E-state index in [1.54, 1.807) is 7.11 Å². The third kappa shape index (κ3) is 4.96. The highest BCUT2D eigenvalue weighted by molar-refractivity contribution is 4.77. The van der Waals surface area contributed by atoms with Crippen molar-refractivity contribution in [2.45, 2.75) is 38.6 Å². The first-order valence-corrected chi connectivity index (χ1v) is 6.32. The second kappa shape index (κ2) is 8.08. The van der Waals surface area contributed by atoms with E-state index in [2.05, 4.69) is 17.1 Å². The maximum atomic E-state index is 4.98. The molecule has 0 spiro atoms. The molecule has 1 atom stereocenters. The van der Waals surface area contributed by atoms with Crippen molar-refractivity contribution in [1.29, 1.82) is 0 Å². The summed E-state index contributed by atoms with van der Waals surface area (Å²) in [6, 6.07) is 0.865. The Morgan fingerprint density at radius 3 is 3.00 bits per heavy atom. The number of hydrogen-bond acceptors (Lipinski definition) is 3. The molecule has 0 aliphatic carbocycles. The molecule has 1 N–H and O–H groups in total. The molecule has 3 nitrogen and oxygen atoms in total. The zero-order valence-electron chi connectivity index (χ0n) is 10.3. The summed E-state index contributed by atoms with van der Waals surface area (Å²) in [5.74, 6) is 0. The fourth-order valence-corrected chi connectivity index (χ4v) is 2.36. The Hall–Kier alpha value is -0.120. The van der Waals surface area contributed by atoms with Crippen LogP contribution in [0.1, 0.15) is 32.6 Å². The lowest BCUT2D eigenvalue weighted by molar-refractivity contribution is 0.197. The first kappa shape index (κ1) is 12.9. The van der Waals surface area contributed by atoms with Crippen LogP contribution in [0.4, 0.5) is 0 Å². The molecular weight excluding hydrogens is 188 g/mol. The Bertz CT molecular complexity index is 153. The number of nitrogens with zero attached hydrogens (tertiary/aromatic N) is 1. The number of ether oxygens (including phenoxy) is 1. The van der Waals surface area contributed by atoms with Gasteiger partial charge in [-0.2, -0.15) is 0 Å². The van der Waals surface area contributed by atoms with Gasteiger partial charge in [0.05, 0.1) is 6.61 Å². The van der Waals surface area contributed by atoms with Crippen LogP contribution in [0.25, 0.3) is 0 Å². The highest BCUT2D eigenvalue weighted by Gasteiger charge is 2.21. The Morgan fingerprint density at radius 1 is 1.40 bits per heavy atom. The quantitative estimate of drug-likeness (QED) is 0.620. The van der Waals surface area contributed by atoms with Crippen LogP contribution in [-0.2, 0) is 4.74 Å². The molecule has 1 fully saturated rings. The average Bonchev–Trinajstić information content (AvgIpc) is 2.70. The Balaban J connectivity index is 1.95. The molecule has 3 heteroatoms. The molecule has 1 saturated heterocycles. The standard InChI is InChI=1S/C12H26N2O/c1-3-12-6-4-9-14(12)10-5-7-13-8-11-15-2/h12-13H,3-11H2,1-2H3. The van der Waals surface area contributed by atoms with E-state index in [1.165, 1.54) is 38.8 Å². The highest BCUT2D eigenvalue weighted by atomic mass is 16.5. The van der Waals surface area contributed by atoms with E-state index in [1.807, 2.05) is 0 Å². The summed E-state index contributed by atoms with van der Waals surface area (Å²) in [6.45, 7) is 7.81. The minimum absolute atomic E-state index is 0.821. The van der Waals surface area contributed by atoms with E-state index < -0.39 is 0 Å². The van der Waals surface area contributed by atoms with Gasteiger partial charge in [-0.15, -0.1) is 0 Å². The largest absolute Gasteiger partial charge is 0.383 e. The molecule has 0 amide bonds. The van der Waals surface area contributed by atoms with E-state index in [9.17, 15) is 0 Å². The summed E-state index contributed by atoms with van der Waals surface area (Å²) in [7, 11) is 1.75. The van der Waals surface area contributed by atoms with Crippen molar-refractivity contribution in [2.75, 3.05) is 39.9 Å². The van der Waals surface area contributed by atoms with Gasteiger partial charge >= 0.3 is 0 Å². The molecule has 0 aromatic rings. The normalized spacial score (nSPS) is 22.4. The molecule has 1 aliphatic rings. The predicted molar refractivity (Wildman–Crippen MR) is 64.2 cm³/mol. The van der Waals surface area contributed by atoms with Crippen molar-refractivity contribution in [3.8, 4) is 0 Å². The smallest absolute Gasteiger partial charge is 0.0587 e. The SMILES string of the molecule is CCC1CCCN1CCCNCCOC. The molecule has 1 heterocycles. The van der Waals surface area contributed by atoms with Crippen LogP contribution in [0.2, 0.25) is 0 Å². The summed E-state index contributed by atoms with van der Waals surface area (Å²) in [5, 5.41) is 3.39. The molecule has 0 aromatic heterocycles. The maximum absolute atomic E-state index is 4.98. The third-order valence-electron chi connectivity index (χ3n) is 3.25. The second-order valence-corrected chi connectivity index (χ2v) is 4.34. The summed E-state index contributed by atoms with van der Waals surface area (Å²) < 4.78 is 4.98. The van der Waals surface area contributed by atoms with Crippen LogP contribution in [0.5, 0.6) is 0 Å². The molecule has 90 valence electrons. The number of rotatable bonds is 8. The van der Waals surface area contributed by atoms with Crippen molar-refractivity contribution in [2.24, 2.45) is 0 Å². The predicted octanol–water partition coefficient (Wildman–Crippen LogP) is 1.49. The number of nitrogens with one attached hydrogen (secondary N) is 1. The minimum atomic E-state index is 0.821. The molecule has 15 heavy (non-hydrogen) atoms. The van der Waals surface area contributed by atoms with Crippen molar-refractivity contribution in [3.63, 3.8) is 0 Å². The Morgan fingerprint density at radius 2 is 2.27 bits per heavy atom. The minimum Gasteiger partial charge on any atom is -0.383 e. The maximum Gasteiger partial charge on any atom is 0.0587 e. The van der Waals surface area contributed by atoms with Gasteiger partial charge in [0.1, 0.15) is 0 Å². The van der Waals surface area contributed by atoms with Crippen molar-refractivity contribution in [3.05, 3.63) is 0 Å². The number of likely N-dealkylation sites (tertiary alicyclic amines) is 1. The monoisotopic (exact) mass is 214 g/mol. The highest BCUT2D eigenvalue weighted by Crippen LogP contribution is 2.19. The Kier molecular flexibility index (Phi) is 6.98. The number of methoxy groups -OCH3 is 1. The van der Waals surface area contributed by atoms with Crippen LogP contribution in [-0.4, -0.2) is 50.8 Å². The van der Waals surface area contributed by atoms with Crippen molar-refractivity contribution in [1.82, 2.24) is 10.2 Å². The topological polar surface area (TPSA) is 24.5 Å². The van der Waals surface area contributed by atoms with Crippen LogP contribution < -0.4 is 5.32 Å². The molecular formula is C12H26N2O. The molecule has 0 aromatic carbocycles. The molecule has 0 bridgehead atoms. The first-order valence-electron chi connectivity index (χ1n) is 6.32. The van der Waals surface area contributed by atoms with Gasteiger partial charge in [0.15, 0.2) is 0 Å². The first-order chi connectivity index (χ1) is 7.38. The summed E-state index contributed by atoms with van der Waals surface area (Å²) in [6.07, 6.45) is 5.39. The zero-order valence-corrected chi connectivity index (χ0v) is 10.3. The van der Waals surface area contributed by atoms with Gasteiger partial charge in [0, 0.05) is 19.7 Å². The average molecular weight is 214 g/mol. The van der Waals surface area contributed by atoms with E-state index in [0.29, 0.717) is 0 Å². The molecule has 0 saturated carbocycles. The van der Waals surface area contributed by atoms with Crippen molar-refractivity contribution < 1.29 is 4.74 Å². The van der Waals surface area contributed by atoms with Gasteiger partial charge in [-0.1, -0.05) is 6.92 Å². The summed E-state index contributed by atoms with van der Waals surface area (Å²) in [4.78, 5) is 2.65. The van der Waals surface area contributed by atoms with E-state index in [0.717, 1.165) is 25.7 Å². The summed E-state index contributed by atoms with van der Waals surface area (Å²) >= 11 is 0. The van der Waals surface area contributed by atoms with E-state index >= 15 is 0 Å². The van der Waals surface area contributed by atoms with Crippen LogP contribution in [0.15, 0.2) is 0 Å². The second-order valence-electron chi connectivity index (χ2n) is 4.34. The molecule has 1 aliphatic heterocycles. The molecule has 1 unspecified atom stereocenters. The van der Waals surface area contributed by atoms with Crippen LogP contribution in [0.3, 0.4) is 0 Å². The van der Waals surface area contributed by atoms with Gasteiger partial charge in [-0.25, -0.2) is 0 Å². The van der Waals surface area contributed by atoms with Gasteiger partial charge < -0.3 is 15.0 Å².